The lowest BCUT2D eigenvalue weighted by molar-refractivity contribution is 0.0740. The smallest absolute Gasteiger partial charge is 0.283 e. The summed E-state index contributed by atoms with van der Waals surface area (Å²) in [4.78, 5) is 31.6. The fourth-order valence-electron chi connectivity index (χ4n) is 3.34. The van der Waals surface area contributed by atoms with Gasteiger partial charge in [-0.15, -0.1) is 11.3 Å². The summed E-state index contributed by atoms with van der Waals surface area (Å²) in [5.74, 6) is 0.0731. The predicted molar refractivity (Wildman–Crippen MR) is 139 cm³/mol. The van der Waals surface area contributed by atoms with Gasteiger partial charge >= 0.3 is 0 Å². The van der Waals surface area contributed by atoms with Crippen LogP contribution in [-0.2, 0) is 24.1 Å². The minimum atomic E-state index is -1.99. The Balaban J connectivity index is 1.83. The summed E-state index contributed by atoms with van der Waals surface area (Å²) in [6, 6.07) is 13.3. The average Bonchev–Trinajstić information content (AvgIpc) is 3.32. The summed E-state index contributed by atoms with van der Waals surface area (Å²) >= 11 is 2.67. The molecule has 0 aliphatic heterocycles. The van der Waals surface area contributed by atoms with Crippen LogP contribution < -0.4 is 19.3 Å². The molecular weight excluding hydrogens is 556 g/mol. The molecule has 3 aromatic rings. The van der Waals surface area contributed by atoms with E-state index in [1.165, 1.54) is 36.5 Å². The maximum Gasteiger partial charge on any atom is 0.283 e. The fourth-order valence-corrected chi connectivity index (χ4v) is 4.97. The Labute approximate surface area is 218 Å². The number of nitrogens with two attached hydrogens (primary N) is 1. The number of aryl methyl sites for hydroxylation is 1. The summed E-state index contributed by atoms with van der Waals surface area (Å²) < 4.78 is 24.6. The molecule has 2 aromatic carbocycles. The molecule has 12 heteroatoms. The maximum absolute atomic E-state index is 13.6. The van der Waals surface area contributed by atoms with Crippen molar-refractivity contribution in [2.24, 2.45) is 5.14 Å². The lowest BCUT2D eigenvalue weighted by atomic mass is 10.1. The number of hydrogen-bond donors (Lipinski definition) is 2. The van der Waals surface area contributed by atoms with Crippen molar-refractivity contribution in [1.82, 2.24) is 14.6 Å². The summed E-state index contributed by atoms with van der Waals surface area (Å²) in [7, 11) is 3.03. The summed E-state index contributed by atoms with van der Waals surface area (Å²) in [6.45, 7) is 0.653. The van der Waals surface area contributed by atoms with Crippen LogP contribution in [0, 0.1) is 0 Å². The Bertz CT molecular complexity index is 1180. The van der Waals surface area contributed by atoms with Gasteiger partial charge in [0.25, 0.3) is 11.8 Å². The predicted octanol–water partition coefficient (Wildman–Crippen LogP) is 3.47. The van der Waals surface area contributed by atoms with E-state index >= 15 is 0 Å². The number of carbonyl (C=O) groups excluding carboxylic acids is 2. The van der Waals surface area contributed by atoms with E-state index in [4.69, 9.17) is 14.6 Å². The molecule has 1 aromatic heterocycles. The van der Waals surface area contributed by atoms with Crippen LogP contribution in [0.3, 0.4) is 0 Å². The third-order valence-electron chi connectivity index (χ3n) is 5.02. The Morgan fingerprint density at radius 3 is 2.43 bits per heavy atom. The first-order valence-electron chi connectivity index (χ1n) is 10.5. The minimum absolute atomic E-state index is 0.0902. The Hall–Kier alpha value is -2.80. The van der Waals surface area contributed by atoms with Crippen LogP contribution in [0.2, 0.25) is 0 Å². The van der Waals surface area contributed by atoms with Crippen molar-refractivity contribution in [3.8, 4) is 11.5 Å². The number of nitrogens with one attached hydrogen (secondary N) is 1. The van der Waals surface area contributed by atoms with E-state index < -0.39 is 17.1 Å². The van der Waals surface area contributed by atoms with E-state index in [9.17, 15) is 13.8 Å². The molecule has 2 amide bonds. The number of rotatable bonds is 11. The Morgan fingerprint density at radius 1 is 1.17 bits per heavy atom. The number of benzene rings is 2. The van der Waals surface area contributed by atoms with Gasteiger partial charge in [0.15, 0.2) is 11.2 Å². The Morgan fingerprint density at radius 2 is 1.83 bits per heavy atom. The van der Waals surface area contributed by atoms with Gasteiger partial charge < -0.3 is 14.4 Å². The molecule has 1 unspecified atom stereocenters. The molecule has 9 nitrogen and oxygen atoms in total. The number of nitrogens with zero attached hydrogens (tertiary/aromatic N) is 2. The van der Waals surface area contributed by atoms with Crippen LogP contribution in [0.25, 0.3) is 0 Å². The van der Waals surface area contributed by atoms with Crippen molar-refractivity contribution in [2.75, 3.05) is 20.8 Å². The van der Waals surface area contributed by atoms with Crippen LogP contribution in [0.4, 0.5) is 0 Å². The van der Waals surface area contributed by atoms with E-state index in [1.54, 1.807) is 17.0 Å². The topological polar surface area (TPSA) is 124 Å². The third kappa shape index (κ3) is 7.34. The zero-order valence-corrected chi connectivity index (χ0v) is 22.4. The highest BCUT2D eigenvalue weighted by Crippen LogP contribution is 2.36. The van der Waals surface area contributed by atoms with Crippen LogP contribution in [-0.4, -0.2) is 46.7 Å². The first-order chi connectivity index (χ1) is 16.8. The van der Waals surface area contributed by atoms with Gasteiger partial charge in [0, 0.05) is 17.5 Å². The van der Waals surface area contributed by atoms with Crippen LogP contribution in [0.5, 0.6) is 11.5 Å². The zero-order valence-electron chi connectivity index (χ0n) is 19.2. The summed E-state index contributed by atoms with van der Waals surface area (Å²) in [5.41, 5.74) is 1.66. The van der Waals surface area contributed by atoms with E-state index in [-0.39, 0.29) is 18.1 Å². The molecule has 0 saturated carbocycles. The normalized spacial score (nSPS) is 11.5. The number of aromatic nitrogens is 1. The standard InChI is InChI=1S/C23H25BrN4O5S2/c1-32-18-11-16(12-19(33-2)21(18)24)23(30)28(10-6-9-15-7-4-3-5-8-15)13-20-26-17(14-34-20)22(29)27-35(25)31/h3-5,7-8,11-12,14H,6,9-10,13,25H2,1-2H3,(H,27,29). The molecule has 3 N–H and O–H groups in total. The van der Waals surface area contributed by atoms with E-state index in [2.05, 4.69) is 25.6 Å². The fraction of sp³-hybridized carbons (Fsp3) is 0.261. The second-order valence-corrected chi connectivity index (χ2v) is 9.90. The number of methoxy groups -OCH3 is 2. The molecule has 3 rings (SSSR count). The monoisotopic (exact) mass is 580 g/mol. The number of amides is 2. The molecule has 1 heterocycles. The molecule has 0 radical (unpaired) electrons. The molecule has 0 aliphatic rings. The quantitative estimate of drug-likeness (QED) is 0.358. The van der Waals surface area contributed by atoms with Crippen molar-refractivity contribution < 1.29 is 23.3 Å². The first-order valence-corrected chi connectivity index (χ1v) is 13.4. The highest BCUT2D eigenvalue weighted by Gasteiger charge is 2.22. The number of carbonyl (C=O) groups is 2. The van der Waals surface area contributed by atoms with Gasteiger partial charge in [-0.3, -0.25) is 14.3 Å². The van der Waals surface area contributed by atoms with Crippen molar-refractivity contribution in [3.63, 3.8) is 0 Å². The van der Waals surface area contributed by atoms with Gasteiger partial charge in [0.1, 0.15) is 26.7 Å². The van der Waals surface area contributed by atoms with Gasteiger partial charge in [0.05, 0.1) is 20.8 Å². The number of thiazole rings is 1. The van der Waals surface area contributed by atoms with Crippen molar-refractivity contribution in [2.45, 2.75) is 19.4 Å². The lowest BCUT2D eigenvalue weighted by Crippen LogP contribution is -2.32. The van der Waals surface area contributed by atoms with Gasteiger partial charge in [-0.1, -0.05) is 30.3 Å². The summed E-state index contributed by atoms with van der Waals surface area (Å²) in [6.07, 6.45) is 1.52. The van der Waals surface area contributed by atoms with Gasteiger partial charge in [-0.2, -0.15) is 0 Å². The zero-order chi connectivity index (χ0) is 25.4. The molecule has 0 bridgehead atoms. The first kappa shape index (κ1) is 26.8. The molecule has 186 valence electrons. The van der Waals surface area contributed by atoms with Gasteiger partial charge in [0.2, 0.25) is 0 Å². The van der Waals surface area contributed by atoms with E-state index in [1.807, 2.05) is 30.3 Å². The highest BCUT2D eigenvalue weighted by molar-refractivity contribution is 9.10. The average molecular weight is 582 g/mol. The number of hydrogen-bond acceptors (Lipinski definition) is 7. The third-order valence-corrected chi connectivity index (χ3v) is 7.02. The van der Waals surface area contributed by atoms with Crippen molar-refractivity contribution in [3.05, 3.63) is 74.1 Å². The van der Waals surface area contributed by atoms with Crippen LogP contribution >= 0.6 is 27.3 Å². The second kappa shape index (κ2) is 12.8. The van der Waals surface area contributed by atoms with Crippen molar-refractivity contribution >= 4 is 50.3 Å². The largest absolute Gasteiger partial charge is 0.495 e. The highest BCUT2D eigenvalue weighted by atomic mass is 79.9. The van der Waals surface area contributed by atoms with Crippen LogP contribution in [0.15, 0.2) is 52.3 Å². The molecular formula is C23H25BrN4O5S2. The molecule has 0 aliphatic carbocycles. The number of halogens is 1. The summed E-state index contributed by atoms with van der Waals surface area (Å²) in [5, 5.41) is 7.22. The number of ether oxygens (including phenoxy) is 2. The molecule has 0 saturated heterocycles. The van der Waals surface area contributed by atoms with Gasteiger partial charge in [-0.05, 0) is 46.5 Å². The molecule has 0 fully saturated rings. The maximum atomic E-state index is 13.6. The molecule has 1 atom stereocenters. The SMILES string of the molecule is COc1cc(C(=O)N(CCCc2ccccc2)Cc2nc(C(=O)NS(N)=O)cs2)cc(OC)c1Br. The molecule has 35 heavy (non-hydrogen) atoms. The minimum Gasteiger partial charge on any atom is -0.495 e. The van der Waals surface area contributed by atoms with Gasteiger partial charge in [-0.25, -0.2) is 14.3 Å². The second-order valence-electron chi connectivity index (χ2n) is 7.37. The Kier molecular flexibility index (Phi) is 9.78. The van der Waals surface area contributed by atoms with E-state index in [0.717, 1.165) is 12.8 Å². The molecule has 0 spiro atoms. The van der Waals surface area contributed by atoms with Crippen LogP contribution in [0.1, 0.15) is 37.8 Å². The van der Waals surface area contributed by atoms with Crippen molar-refractivity contribution in [1.29, 1.82) is 0 Å². The van der Waals surface area contributed by atoms with E-state index in [0.29, 0.717) is 33.1 Å². The lowest BCUT2D eigenvalue weighted by Gasteiger charge is -2.23.